The van der Waals surface area contributed by atoms with E-state index in [9.17, 15) is 10.0 Å². The zero-order valence-electron chi connectivity index (χ0n) is 27.4. The second-order valence-electron chi connectivity index (χ2n) is 14.5. The van der Waals surface area contributed by atoms with Gasteiger partial charge in [-0.15, -0.1) is 0 Å². The van der Waals surface area contributed by atoms with Crippen LogP contribution >= 0.6 is 0 Å². The fourth-order valence-corrected chi connectivity index (χ4v) is 6.87. The Kier molecular flexibility index (Phi) is 9.31. The molecule has 2 aromatic heterocycles. The average molecular weight is 644 g/mol. The number of ether oxygens (including phenoxy) is 1. The topological polar surface area (TPSA) is 120 Å². The number of carbonyl (C=O) groups is 1. The number of nitrogens with one attached hydrogen (secondary N) is 1. The number of aromatic nitrogens is 3. The van der Waals surface area contributed by atoms with E-state index in [0.29, 0.717) is 16.8 Å². The van der Waals surface area contributed by atoms with Gasteiger partial charge in [-0.1, -0.05) is 64.9 Å². The summed E-state index contributed by atoms with van der Waals surface area (Å²) in [5.74, 6) is -0.118. The van der Waals surface area contributed by atoms with Crippen molar-refractivity contribution in [2.24, 2.45) is 5.16 Å². The second-order valence-corrected chi connectivity index (χ2v) is 24.1. The number of hydrogen-bond acceptors (Lipinski definition) is 8. The van der Waals surface area contributed by atoms with Gasteiger partial charge in [0, 0.05) is 17.3 Å². The minimum absolute atomic E-state index is 0.0463. The first-order valence-electron chi connectivity index (χ1n) is 14.8. The summed E-state index contributed by atoms with van der Waals surface area (Å²) < 4.78 is 38.3. The number of benzene rings is 1. The van der Waals surface area contributed by atoms with Crippen molar-refractivity contribution in [2.45, 2.75) is 102 Å². The summed E-state index contributed by atoms with van der Waals surface area (Å²) in [6.45, 7) is 20.9. The number of carbonyl (C=O) groups excluding carboxylic acids is 1. The van der Waals surface area contributed by atoms with Crippen LogP contribution in [-0.2, 0) is 13.6 Å². The molecule has 10 nitrogen and oxygen atoms in total. The van der Waals surface area contributed by atoms with Crippen LogP contribution in [0.4, 0.5) is 10.3 Å². The van der Waals surface area contributed by atoms with Crippen LogP contribution in [0.15, 0.2) is 54.1 Å². The molecule has 1 aliphatic heterocycles. The first kappa shape index (κ1) is 33.9. The highest BCUT2D eigenvalue weighted by Crippen LogP contribution is 2.48. The molecule has 0 aliphatic carbocycles. The highest BCUT2D eigenvalue weighted by Gasteiger charge is 2.60. The van der Waals surface area contributed by atoms with Crippen molar-refractivity contribution >= 4 is 40.4 Å². The van der Waals surface area contributed by atoms with Gasteiger partial charge in [0.05, 0.1) is 12.8 Å². The third-order valence-corrected chi connectivity index (χ3v) is 18.3. The van der Waals surface area contributed by atoms with Gasteiger partial charge in [0.15, 0.2) is 28.4 Å². The van der Waals surface area contributed by atoms with Gasteiger partial charge in [0.1, 0.15) is 24.2 Å². The molecular formula is C31H46FN5O5Si2. The highest BCUT2D eigenvalue weighted by atomic mass is 28.4. The predicted molar refractivity (Wildman–Crippen MR) is 174 cm³/mol. The molecule has 0 bridgehead atoms. The van der Waals surface area contributed by atoms with Crippen molar-refractivity contribution in [3.8, 4) is 0 Å². The van der Waals surface area contributed by atoms with E-state index in [2.05, 4.69) is 75.1 Å². The number of fused-ring (bicyclic) bond motifs is 1. The maximum Gasteiger partial charge on any atom is 0.257 e. The van der Waals surface area contributed by atoms with E-state index in [1.807, 2.05) is 19.2 Å². The SMILES string of the molecule is CC(C)(C)[Si](C)(C)OC[C@@]1(/C=N/O)O[C@@H](c2cc3ncnc(NC(=O)c4ccccc4)n3c2)[C@H](F)[C@@H]1O[Si](C)(C)C(C)(C)C. The molecule has 4 rings (SSSR count). The number of anilines is 1. The lowest BCUT2D eigenvalue weighted by molar-refractivity contribution is -0.0565. The highest BCUT2D eigenvalue weighted by molar-refractivity contribution is 6.74. The smallest absolute Gasteiger partial charge is 0.257 e. The van der Waals surface area contributed by atoms with E-state index in [1.54, 1.807) is 40.9 Å². The number of alkyl halides is 1. The van der Waals surface area contributed by atoms with Gasteiger partial charge in [-0.3, -0.25) is 14.5 Å². The number of hydrogen-bond donors (Lipinski definition) is 2. The monoisotopic (exact) mass is 643 g/mol. The normalized spacial score (nSPS) is 23.5. The molecule has 3 aromatic rings. The number of halogens is 1. The van der Waals surface area contributed by atoms with E-state index < -0.39 is 40.6 Å². The Morgan fingerprint density at radius 2 is 1.75 bits per heavy atom. The van der Waals surface area contributed by atoms with Crippen molar-refractivity contribution < 1.29 is 28.0 Å². The molecule has 1 amide bonds. The van der Waals surface area contributed by atoms with Crippen LogP contribution in [0.2, 0.25) is 36.3 Å². The summed E-state index contributed by atoms with van der Waals surface area (Å²) in [5, 5.41) is 15.7. The Balaban J connectivity index is 1.75. The molecule has 1 aliphatic rings. The van der Waals surface area contributed by atoms with Gasteiger partial charge >= 0.3 is 0 Å². The van der Waals surface area contributed by atoms with Gasteiger partial charge in [-0.05, 0) is 54.5 Å². The summed E-state index contributed by atoms with van der Waals surface area (Å²) in [7, 11) is -4.87. The third kappa shape index (κ3) is 6.66. The molecule has 0 spiro atoms. The van der Waals surface area contributed by atoms with E-state index in [-0.39, 0.29) is 28.5 Å². The van der Waals surface area contributed by atoms with Crippen LogP contribution in [0.1, 0.15) is 63.6 Å². The number of rotatable bonds is 9. The first-order valence-corrected chi connectivity index (χ1v) is 20.7. The molecule has 240 valence electrons. The maximum atomic E-state index is 16.9. The molecular weight excluding hydrogens is 598 g/mol. The summed E-state index contributed by atoms with van der Waals surface area (Å²) in [5.41, 5.74) is -0.122. The van der Waals surface area contributed by atoms with Gasteiger partial charge in [-0.25, -0.2) is 14.4 Å². The van der Waals surface area contributed by atoms with Crippen molar-refractivity contribution in [1.29, 1.82) is 0 Å². The zero-order chi connectivity index (χ0) is 32.7. The Labute approximate surface area is 261 Å². The van der Waals surface area contributed by atoms with Crippen molar-refractivity contribution in [2.75, 3.05) is 11.9 Å². The fourth-order valence-electron chi connectivity index (χ4n) is 4.53. The number of nitrogens with zero attached hydrogens (tertiary/aromatic N) is 4. The van der Waals surface area contributed by atoms with E-state index in [0.717, 1.165) is 0 Å². The Bertz CT molecular complexity index is 1500. The van der Waals surface area contributed by atoms with Gasteiger partial charge < -0.3 is 18.8 Å². The van der Waals surface area contributed by atoms with E-state index in [1.165, 1.54) is 12.5 Å². The third-order valence-electron chi connectivity index (χ3n) is 9.38. The number of oxime groups is 1. The number of amides is 1. The molecule has 2 N–H and O–H groups in total. The molecule has 44 heavy (non-hydrogen) atoms. The predicted octanol–water partition coefficient (Wildman–Crippen LogP) is 7.00. The first-order chi connectivity index (χ1) is 20.3. The summed E-state index contributed by atoms with van der Waals surface area (Å²) >= 11 is 0. The molecule has 3 heterocycles. The van der Waals surface area contributed by atoms with Crippen LogP contribution in [-0.4, -0.2) is 72.8 Å². The van der Waals surface area contributed by atoms with Gasteiger partial charge in [0.2, 0.25) is 5.95 Å². The minimum atomic E-state index is -2.55. The van der Waals surface area contributed by atoms with E-state index in [4.69, 9.17) is 13.6 Å². The van der Waals surface area contributed by atoms with Gasteiger partial charge in [0.25, 0.3) is 5.91 Å². The second kappa shape index (κ2) is 12.1. The summed E-state index contributed by atoms with van der Waals surface area (Å²) in [6.07, 6.45) is 0.341. The average Bonchev–Trinajstić information content (AvgIpc) is 3.47. The van der Waals surface area contributed by atoms with Crippen molar-refractivity contribution in [1.82, 2.24) is 14.4 Å². The molecule has 0 unspecified atom stereocenters. The van der Waals surface area contributed by atoms with E-state index >= 15 is 4.39 Å². The van der Waals surface area contributed by atoms with Crippen molar-refractivity contribution in [3.63, 3.8) is 0 Å². The molecule has 0 radical (unpaired) electrons. The molecule has 4 atom stereocenters. The standard InChI is InChI=1S/C31H46FN5O5Si2/c1-29(2,3)43(7,8)40-19-31(18-35-39)26(42-44(9,10)30(4,5)6)24(32)25(41-31)22-16-23-33-20-34-28(37(23)17-22)36-27(38)21-14-12-11-13-15-21/h11-18,20,24-26,39H,19H2,1-10H3,(H,33,34,36,38)/b35-18+/t24-,25-,26-,31+/m0/s1. The molecule has 1 fully saturated rings. The van der Waals surface area contributed by atoms with Crippen LogP contribution in [0.3, 0.4) is 0 Å². The van der Waals surface area contributed by atoms with Crippen LogP contribution in [0, 0.1) is 0 Å². The van der Waals surface area contributed by atoms with Gasteiger partial charge in [-0.2, -0.15) is 0 Å². The van der Waals surface area contributed by atoms with Crippen LogP contribution in [0.5, 0.6) is 0 Å². The molecule has 1 saturated heterocycles. The van der Waals surface area contributed by atoms with Crippen LogP contribution < -0.4 is 5.32 Å². The summed E-state index contributed by atoms with van der Waals surface area (Å²) in [6, 6.07) is 10.5. The fraction of sp³-hybridized carbons (Fsp3) is 0.548. The maximum absolute atomic E-state index is 16.9. The quantitative estimate of drug-likeness (QED) is 0.112. The molecule has 0 saturated carbocycles. The Hall–Kier alpha value is -2.98. The Morgan fingerprint density at radius 3 is 2.34 bits per heavy atom. The molecule has 1 aromatic carbocycles. The molecule has 13 heteroatoms. The lowest BCUT2D eigenvalue weighted by Gasteiger charge is -2.43. The zero-order valence-corrected chi connectivity index (χ0v) is 29.4. The lowest BCUT2D eigenvalue weighted by atomic mass is 9.96. The minimum Gasteiger partial charge on any atom is -0.413 e. The largest absolute Gasteiger partial charge is 0.413 e. The Morgan fingerprint density at radius 1 is 1.11 bits per heavy atom. The summed E-state index contributed by atoms with van der Waals surface area (Å²) in [4.78, 5) is 21.5. The van der Waals surface area contributed by atoms with Crippen molar-refractivity contribution in [3.05, 3.63) is 60.0 Å². The van der Waals surface area contributed by atoms with Crippen LogP contribution in [0.25, 0.3) is 5.65 Å². The lowest BCUT2D eigenvalue weighted by Crippen LogP contribution is -2.57.